The lowest BCUT2D eigenvalue weighted by molar-refractivity contribution is 0.108. The van der Waals surface area contributed by atoms with E-state index in [2.05, 4.69) is 26.1 Å². The first-order valence-corrected chi connectivity index (χ1v) is 5.98. The van der Waals surface area contributed by atoms with Crippen molar-refractivity contribution in [3.63, 3.8) is 0 Å². The fraction of sp³-hybridized carbons (Fsp3) is 0.538. The molecule has 1 rings (SSSR count). The number of hydrogen-bond donors (Lipinski definition) is 1. The summed E-state index contributed by atoms with van der Waals surface area (Å²) in [5.74, 6) is 0.857. The van der Waals surface area contributed by atoms with E-state index in [4.69, 9.17) is 16.3 Å². The van der Waals surface area contributed by atoms with Crippen LogP contribution in [-0.4, -0.2) is 18.7 Å². The number of benzene rings is 1. The van der Waals surface area contributed by atoms with E-state index in [0.717, 1.165) is 24.4 Å². The van der Waals surface area contributed by atoms with E-state index in [1.807, 2.05) is 25.1 Å². The molecule has 90 valence electrons. The normalized spacial score (nSPS) is 11.6. The first kappa shape index (κ1) is 13.3. The monoisotopic (exact) mass is 241 g/mol. The van der Waals surface area contributed by atoms with Gasteiger partial charge >= 0.3 is 0 Å². The Balaban J connectivity index is 2.74. The second-order valence-corrected chi connectivity index (χ2v) is 4.99. The molecule has 0 saturated heterocycles. The van der Waals surface area contributed by atoms with Crippen molar-refractivity contribution in [2.75, 3.05) is 13.1 Å². The first-order chi connectivity index (χ1) is 7.44. The van der Waals surface area contributed by atoms with Crippen molar-refractivity contribution in [2.24, 2.45) is 0 Å². The molecule has 0 aliphatic rings. The molecule has 0 saturated carbocycles. The number of halogens is 1. The van der Waals surface area contributed by atoms with Crippen molar-refractivity contribution in [2.45, 2.75) is 33.3 Å². The van der Waals surface area contributed by atoms with Crippen LogP contribution in [0.25, 0.3) is 0 Å². The van der Waals surface area contributed by atoms with Crippen LogP contribution >= 0.6 is 11.6 Å². The zero-order chi connectivity index (χ0) is 12.2. The van der Waals surface area contributed by atoms with Gasteiger partial charge in [-0.15, -0.1) is 0 Å². The quantitative estimate of drug-likeness (QED) is 0.853. The highest BCUT2D eigenvalue weighted by molar-refractivity contribution is 6.30. The number of hydrogen-bond acceptors (Lipinski definition) is 2. The van der Waals surface area contributed by atoms with Gasteiger partial charge in [0.05, 0.1) is 0 Å². The van der Waals surface area contributed by atoms with Crippen molar-refractivity contribution in [3.8, 4) is 5.75 Å². The minimum absolute atomic E-state index is 0.231. The topological polar surface area (TPSA) is 21.3 Å². The second-order valence-electron chi connectivity index (χ2n) is 4.55. The maximum absolute atomic E-state index is 5.97. The van der Waals surface area contributed by atoms with Crippen LogP contribution in [0.5, 0.6) is 5.75 Å². The van der Waals surface area contributed by atoms with Gasteiger partial charge in [-0.2, -0.15) is 0 Å². The zero-order valence-electron chi connectivity index (χ0n) is 10.4. The van der Waals surface area contributed by atoms with Gasteiger partial charge in [0.2, 0.25) is 0 Å². The third-order valence-electron chi connectivity index (χ3n) is 2.34. The Morgan fingerprint density at radius 2 is 2.06 bits per heavy atom. The molecule has 0 radical (unpaired) electrons. The Morgan fingerprint density at radius 3 is 2.69 bits per heavy atom. The molecule has 0 aromatic heterocycles. The first-order valence-electron chi connectivity index (χ1n) is 5.60. The molecule has 0 fully saturated rings. The molecule has 0 unspecified atom stereocenters. The van der Waals surface area contributed by atoms with Crippen molar-refractivity contribution in [3.05, 3.63) is 28.8 Å². The SMILES string of the molecule is CCNCC(C)(C)Oc1cc(Cl)ccc1C. The summed E-state index contributed by atoms with van der Waals surface area (Å²) in [4.78, 5) is 0. The van der Waals surface area contributed by atoms with E-state index < -0.39 is 0 Å². The molecule has 0 spiro atoms. The van der Waals surface area contributed by atoms with Crippen LogP contribution in [0.1, 0.15) is 26.3 Å². The molecule has 0 amide bonds. The van der Waals surface area contributed by atoms with Crippen LogP contribution in [0.15, 0.2) is 18.2 Å². The molecule has 0 bridgehead atoms. The molecule has 0 atom stereocenters. The lowest BCUT2D eigenvalue weighted by atomic mass is 10.1. The Bertz CT molecular complexity index is 350. The van der Waals surface area contributed by atoms with Crippen molar-refractivity contribution in [1.82, 2.24) is 5.32 Å². The lowest BCUT2D eigenvalue weighted by Crippen LogP contribution is -2.40. The molecule has 3 heteroatoms. The van der Waals surface area contributed by atoms with E-state index in [-0.39, 0.29) is 5.60 Å². The summed E-state index contributed by atoms with van der Waals surface area (Å²) in [5.41, 5.74) is 0.875. The molecule has 2 nitrogen and oxygen atoms in total. The van der Waals surface area contributed by atoms with E-state index in [1.54, 1.807) is 0 Å². The van der Waals surface area contributed by atoms with Gasteiger partial charge in [-0.05, 0) is 45.0 Å². The number of nitrogens with one attached hydrogen (secondary N) is 1. The molecule has 1 N–H and O–H groups in total. The van der Waals surface area contributed by atoms with E-state index in [1.165, 1.54) is 0 Å². The highest BCUT2D eigenvalue weighted by atomic mass is 35.5. The third-order valence-corrected chi connectivity index (χ3v) is 2.57. The molecular formula is C13H20ClNO. The second kappa shape index (κ2) is 5.55. The van der Waals surface area contributed by atoms with E-state index in [0.29, 0.717) is 5.02 Å². The Morgan fingerprint density at radius 1 is 1.38 bits per heavy atom. The van der Waals surface area contributed by atoms with Gasteiger partial charge in [0.1, 0.15) is 11.4 Å². The van der Waals surface area contributed by atoms with E-state index in [9.17, 15) is 0 Å². The number of ether oxygens (including phenoxy) is 1. The number of likely N-dealkylation sites (N-methyl/N-ethyl adjacent to an activating group) is 1. The summed E-state index contributed by atoms with van der Waals surface area (Å²) >= 11 is 5.95. The predicted octanol–water partition coefficient (Wildman–Crippen LogP) is 3.42. The minimum Gasteiger partial charge on any atom is -0.486 e. The average Bonchev–Trinajstić information content (AvgIpc) is 2.20. The minimum atomic E-state index is -0.231. The fourth-order valence-electron chi connectivity index (χ4n) is 1.44. The molecule has 0 heterocycles. The summed E-state index contributed by atoms with van der Waals surface area (Å²) in [5, 5.41) is 3.99. The Kier molecular flexibility index (Phi) is 4.63. The highest BCUT2D eigenvalue weighted by Gasteiger charge is 2.19. The maximum Gasteiger partial charge on any atom is 0.124 e. The molecular weight excluding hydrogens is 222 g/mol. The van der Waals surface area contributed by atoms with Crippen molar-refractivity contribution >= 4 is 11.6 Å². The van der Waals surface area contributed by atoms with Crippen molar-refractivity contribution < 1.29 is 4.74 Å². The lowest BCUT2D eigenvalue weighted by Gasteiger charge is -2.27. The van der Waals surface area contributed by atoms with Crippen molar-refractivity contribution in [1.29, 1.82) is 0 Å². The smallest absolute Gasteiger partial charge is 0.124 e. The van der Waals surface area contributed by atoms with Crippen LogP contribution in [0.3, 0.4) is 0 Å². The summed E-state index contributed by atoms with van der Waals surface area (Å²) in [7, 11) is 0. The van der Waals surface area contributed by atoms with Gasteiger partial charge < -0.3 is 10.1 Å². The van der Waals surface area contributed by atoms with Crippen LogP contribution in [0.4, 0.5) is 0 Å². The van der Waals surface area contributed by atoms with Crippen LogP contribution < -0.4 is 10.1 Å². The Labute approximate surface area is 103 Å². The molecule has 1 aromatic carbocycles. The van der Waals surface area contributed by atoms with Crippen LogP contribution in [0, 0.1) is 6.92 Å². The van der Waals surface area contributed by atoms with Gasteiger partial charge in [-0.1, -0.05) is 24.6 Å². The van der Waals surface area contributed by atoms with Gasteiger partial charge in [-0.3, -0.25) is 0 Å². The average molecular weight is 242 g/mol. The van der Waals surface area contributed by atoms with Crippen LogP contribution in [-0.2, 0) is 0 Å². The largest absolute Gasteiger partial charge is 0.486 e. The van der Waals surface area contributed by atoms with Gasteiger partial charge in [-0.25, -0.2) is 0 Å². The van der Waals surface area contributed by atoms with E-state index >= 15 is 0 Å². The summed E-state index contributed by atoms with van der Waals surface area (Å²) in [6.45, 7) is 10.00. The predicted molar refractivity (Wildman–Crippen MR) is 69.4 cm³/mol. The zero-order valence-corrected chi connectivity index (χ0v) is 11.2. The molecule has 0 aliphatic carbocycles. The number of rotatable bonds is 5. The van der Waals surface area contributed by atoms with Gasteiger partial charge in [0.25, 0.3) is 0 Å². The Hall–Kier alpha value is -0.730. The summed E-state index contributed by atoms with van der Waals surface area (Å²) < 4.78 is 5.97. The number of aryl methyl sites for hydroxylation is 1. The van der Waals surface area contributed by atoms with Crippen LogP contribution in [0.2, 0.25) is 5.02 Å². The molecule has 16 heavy (non-hydrogen) atoms. The summed E-state index contributed by atoms with van der Waals surface area (Å²) in [6, 6.07) is 5.71. The fourth-order valence-corrected chi connectivity index (χ4v) is 1.61. The van der Waals surface area contributed by atoms with Gasteiger partial charge in [0, 0.05) is 11.6 Å². The molecule has 0 aliphatic heterocycles. The summed E-state index contributed by atoms with van der Waals surface area (Å²) in [6.07, 6.45) is 0. The third kappa shape index (κ3) is 4.03. The maximum atomic E-state index is 5.97. The molecule has 1 aromatic rings. The standard InChI is InChI=1S/C13H20ClNO/c1-5-15-9-13(3,4)16-12-8-11(14)7-6-10(12)2/h6-8,15H,5,9H2,1-4H3. The highest BCUT2D eigenvalue weighted by Crippen LogP contribution is 2.26. The van der Waals surface area contributed by atoms with Gasteiger partial charge in [0.15, 0.2) is 0 Å².